The van der Waals surface area contributed by atoms with E-state index < -0.39 is 0 Å². The molecule has 1 aromatic carbocycles. The predicted octanol–water partition coefficient (Wildman–Crippen LogP) is 2.14. The van der Waals surface area contributed by atoms with Gasteiger partial charge in [0, 0.05) is 35.5 Å². The zero-order chi connectivity index (χ0) is 11.5. The second-order valence-corrected chi connectivity index (χ2v) is 4.29. The maximum absolute atomic E-state index is 10.8. The highest BCUT2D eigenvalue weighted by atomic mass is 32.1. The maximum atomic E-state index is 10.8. The first kappa shape index (κ1) is 11.1. The van der Waals surface area contributed by atoms with Crippen LogP contribution in [0.3, 0.4) is 0 Å². The van der Waals surface area contributed by atoms with Crippen LogP contribution in [0.4, 0.5) is 0 Å². The van der Waals surface area contributed by atoms with E-state index in [4.69, 9.17) is 0 Å². The summed E-state index contributed by atoms with van der Waals surface area (Å²) in [5.74, 6) is 0.00901. The number of H-pyrrole nitrogens is 1. The predicted molar refractivity (Wildman–Crippen MR) is 67.9 cm³/mol. The van der Waals surface area contributed by atoms with Crippen molar-refractivity contribution in [1.29, 1.82) is 0 Å². The van der Waals surface area contributed by atoms with Gasteiger partial charge in [-0.1, -0.05) is 0 Å². The molecule has 0 spiro atoms. The van der Waals surface area contributed by atoms with Crippen LogP contribution in [0.1, 0.15) is 12.5 Å². The number of carbonyl (C=O) groups is 1. The molecule has 3 nitrogen and oxygen atoms in total. The lowest BCUT2D eigenvalue weighted by molar-refractivity contribution is -0.118. The van der Waals surface area contributed by atoms with Crippen molar-refractivity contribution >= 4 is 29.4 Å². The van der Waals surface area contributed by atoms with Gasteiger partial charge in [-0.25, -0.2) is 0 Å². The summed E-state index contributed by atoms with van der Waals surface area (Å²) in [6.45, 7) is 2.19. The van der Waals surface area contributed by atoms with E-state index in [1.807, 2.05) is 24.4 Å². The Balaban J connectivity index is 2.17. The van der Waals surface area contributed by atoms with Crippen molar-refractivity contribution in [3.63, 3.8) is 0 Å². The van der Waals surface area contributed by atoms with Crippen LogP contribution < -0.4 is 5.32 Å². The SMILES string of the molecule is CC(=O)NCCc1c[nH]c2ccc(S)cc12. The lowest BCUT2D eigenvalue weighted by atomic mass is 10.1. The molecule has 1 heterocycles. The van der Waals surface area contributed by atoms with Crippen LogP contribution in [0.5, 0.6) is 0 Å². The fourth-order valence-electron chi connectivity index (χ4n) is 1.75. The fraction of sp³-hybridized carbons (Fsp3) is 0.250. The second kappa shape index (κ2) is 4.61. The van der Waals surface area contributed by atoms with Gasteiger partial charge in [-0.05, 0) is 30.2 Å². The quantitative estimate of drug-likeness (QED) is 0.700. The monoisotopic (exact) mass is 234 g/mol. The van der Waals surface area contributed by atoms with Crippen molar-refractivity contribution < 1.29 is 4.79 Å². The van der Waals surface area contributed by atoms with Gasteiger partial charge < -0.3 is 10.3 Å². The first-order chi connectivity index (χ1) is 7.66. The highest BCUT2D eigenvalue weighted by Crippen LogP contribution is 2.21. The summed E-state index contributed by atoms with van der Waals surface area (Å²) in [7, 11) is 0. The second-order valence-electron chi connectivity index (χ2n) is 3.78. The number of hydrogen-bond donors (Lipinski definition) is 3. The Morgan fingerprint density at radius 3 is 3.06 bits per heavy atom. The third-order valence-electron chi connectivity index (χ3n) is 2.52. The summed E-state index contributed by atoms with van der Waals surface area (Å²) in [6.07, 6.45) is 2.82. The minimum Gasteiger partial charge on any atom is -0.361 e. The molecule has 2 N–H and O–H groups in total. The molecular weight excluding hydrogens is 220 g/mol. The van der Waals surface area contributed by atoms with Gasteiger partial charge in [-0.3, -0.25) is 4.79 Å². The van der Waals surface area contributed by atoms with E-state index in [9.17, 15) is 4.79 Å². The van der Waals surface area contributed by atoms with Gasteiger partial charge >= 0.3 is 0 Å². The number of carbonyl (C=O) groups excluding carboxylic acids is 1. The largest absolute Gasteiger partial charge is 0.361 e. The molecule has 1 amide bonds. The molecule has 16 heavy (non-hydrogen) atoms. The maximum Gasteiger partial charge on any atom is 0.216 e. The summed E-state index contributed by atoms with van der Waals surface area (Å²) in [4.78, 5) is 14.9. The number of aromatic amines is 1. The minimum absolute atomic E-state index is 0.00901. The Morgan fingerprint density at radius 2 is 2.31 bits per heavy atom. The van der Waals surface area contributed by atoms with Crippen LogP contribution in [0.25, 0.3) is 10.9 Å². The molecule has 1 aromatic heterocycles. The van der Waals surface area contributed by atoms with Crippen LogP contribution in [0.2, 0.25) is 0 Å². The Hall–Kier alpha value is -1.42. The van der Waals surface area contributed by atoms with Gasteiger partial charge in [0.2, 0.25) is 5.91 Å². The molecule has 0 saturated carbocycles. The van der Waals surface area contributed by atoms with Gasteiger partial charge in [0.05, 0.1) is 0 Å². The Bertz CT molecular complexity index is 519. The molecule has 0 saturated heterocycles. The number of amides is 1. The Morgan fingerprint density at radius 1 is 1.50 bits per heavy atom. The molecule has 0 radical (unpaired) electrons. The number of benzene rings is 1. The van der Waals surface area contributed by atoms with Crippen molar-refractivity contribution in [3.05, 3.63) is 30.0 Å². The van der Waals surface area contributed by atoms with E-state index in [0.29, 0.717) is 6.54 Å². The fourth-order valence-corrected chi connectivity index (χ4v) is 1.95. The first-order valence-electron chi connectivity index (χ1n) is 5.20. The molecular formula is C12H14N2OS. The van der Waals surface area contributed by atoms with Crippen molar-refractivity contribution in [2.75, 3.05) is 6.54 Å². The molecule has 0 fully saturated rings. The number of nitrogens with one attached hydrogen (secondary N) is 2. The highest BCUT2D eigenvalue weighted by molar-refractivity contribution is 7.80. The molecule has 0 bridgehead atoms. The van der Waals surface area contributed by atoms with Crippen LogP contribution in [-0.2, 0) is 11.2 Å². The van der Waals surface area contributed by atoms with E-state index in [1.54, 1.807) is 0 Å². The topological polar surface area (TPSA) is 44.9 Å². The number of rotatable bonds is 3. The lowest BCUT2D eigenvalue weighted by Gasteiger charge is -2.01. The van der Waals surface area contributed by atoms with Crippen LogP contribution in [0.15, 0.2) is 29.3 Å². The molecule has 2 rings (SSSR count). The summed E-state index contributed by atoms with van der Waals surface area (Å²) < 4.78 is 0. The number of hydrogen-bond acceptors (Lipinski definition) is 2. The zero-order valence-electron chi connectivity index (χ0n) is 9.08. The molecule has 0 unspecified atom stereocenters. The van der Waals surface area contributed by atoms with E-state index >= 15 is 0 Å². The smallest absolute Gasteiger partial charge is 0.216 e. The molecule has 4 heteroatoms. The molecule has 84 valence electrons. The molecule has 2 aromatic rings. The van der Waals surface area contributed by atoms with Gasteiger partial charge in [0.1, 0.15) is 0 Å². The van der Waals surface area contributed by atoms with Crippen LogP contribution in [0, 0.1) is 0 Å². The number of aromatic nitrogens is 1. The van der Waals surface area contributed by atoms with Gasteiger partial charge in [-0.2, -0.15) is 0 Å². The molecule has 0 aliphatic carbocycles. The first-order valence-corrected chi connectivity index (χ1v) is 5.65. The Labute approximate surface area is 99.6 Å². The summed E-state index contributed by atoms with van der Waals surface area (Å²) in [6, 6.07) is 6.01. The average molecular weight is 234 g/mol. The normalized spacial score (nSPS) is 10.6. The summed E-state index contributed by atoms with van der Waals surface area (Å²) in [5, 5.41) is 3.97. The van der Waals surface area contributed by atoms with E-state index in [2.05, 4.69) is 22.9 Å². The molecule has 0 atom stereocenters. The van der Waals surface area contributed by atoms with E-state index in [-0.39, 0.29) is 5.91 Å². The third kappa shape index (κ3) is 2.39. The summed E-state index contributed by atoms with van der Waals surface area (Å²) >= 11 is 4.32. The van der Waals surface area contributed by atoms with Gasteiger partial charge in [0.15, 0.2) is 0 Å². The van der Waals surface area contributed by atoms with Crippen molar-refractivity contribution in [3.8, 4) is 0 Å². The number of thiol groups is 1. The third-order valence-corrected chi connectivity index (χ3v) is 2.80. The van der Waals surface area contributed by atoms with Crippen molar-refractivity contribution in [2.45, 2.75) is 18.2 Å². The van der Waals surface area contributed by atoms with Gasteiger partial charge in [0.25, 0.3) is 0 Å². The lowest BCUT2D eigenvalue weighted by Crippen LogP contribution is -2.22. The van der Waals surface area contributed by atoms with E-state index in [0.717, 1.165) is 16.8 Å². The van der Waals surface area contributed by atoms with E-state index in [1.165, 1.54) is 17.9 Å². The van der Waals surface area contributed by atoms with Crippen molar-refractivity contribution in [2.24, 2.45) is 0 Å². The Kier molecular flexibility index (Phi) is 3.19. The highest BCUT2D eigenvalue weighted by Gasteiger charge is 2.03. The van der Waals surface area contributed by atoms with Crippen molar-refractivity contribution in [1.82, 2.24) is 10.3 Å². The van der Waals surface area contributed by atoms with Gasteiger partial charge in [-0.15, -0.1) is 12.6 Å². The molecule has 0 aliphatic rings. The standard InChI is InChI=1S/C12H14N2OS/c1-8(15)13-5-4-9-7-14-12-3-2-10(16)6-11(9)12/h2-3,6-7,14,16H,4-5H2,1H3,(H,13,15). The average Bonchev–Trinajstić information content (AvgIpc) is 2.60. The minimum atomic E-state index is 0.00901. The van der Waals surface area contributed by atoms with Crippen LogP contribution >= 0.6 is 12.6 Å². The van der Waals surface area contributed by atoms with Crippen LogP contribution in [-0.4, -0.2) is 17.4 Å². The zero-order valence-corrected chi connectivity index (χ0v) is 9.97. The summed E-state index contributed by atoms with van der Waals surface area (Å²) in [5.41, 5.74) is 2.32. The molecule has 0 aliphatic heterocycles. The number of fused-ring (bicyclic) bond motifs is 1.